The summed E-state index contributed by atoms with van der Waals surface area (Å²) >= 11 is 6.00. The number of rotatable bonds is 4. The Hall–Kier alpha value is -1.44. The summed E-state index contributed by atoms with van der Waals surface area (Å²) < 4.78 is 0. The minimum atomic E-state index is 0.483. The lowest BCUT2D eigenvalue weighted by Crippen LogP contribution is -1.79. The standard InChI is InChI=1S/C11H12ClN3/c1-9-5-6-11(12)10(8-9)4-2-3-7-14-15-13/h2,4-6,8H,3,7H2,1H3. The van der Waals surface area contributed by atoms with E-state index >= 15 is 0 Å². The van der Waals surface area contributed by atoms with Gasteiger partial charge in [-0.15, -0.1) is 0 Å². The summed E-state index contributed by atoms with van der Waals surface area (Å²) in [6.07, 6.45) is 4.63. The average molecular weight is 222 g/mol. The lowest BCUT2D eigenvalue weighted by atomic mass is 10.1. The lowest BCUT2D eigenvalue weighted by Gasteiger charge is -1.99. The van der Waals surface area contributed by atoms with E-state index in [1.807, 2.05) is 37.3 Å². The minimum Gasteiger partial charge on any atom is -0.0937 e. The molecule has 78 valence electrons. The number of hydrogen-bond acceptors (Lipinski definition) is 1. The maximum atomic E-state index is 8.08. The van der Waals surface area contributed by atoms with E-state index in [1.165, 1.54) is 5.56 Å². The topological polar surface area (TPSA) is 48.8 Å². The van der Waals surface area contributed by atoms with Gasteiger partial charge in [0.15, 0.2) is 0 Å². The summed E-state index contributed by atoms with van der Waals surface area (Å²) in [6, 6.07) is 5.87. The van der Waals surface area contributed by atoms with Crippen LogP contribution in [0.3, 0.4) is 0 Å². The normalized spacial score (nSPS) is 10.3. The van der Waals surface area contributed by atoms with Gasteiger partial charge < -0.3 is 0 Å². The van der Waals surface area contributed by atoms with Crippen LogP contribution in [0.15, 0.2) is 29.4 Å². The van der Waals surface area contributed by atoms with Gasteiger partial charge in [-0.1, -0.05) is 46.6 Å². The zero-order valence-corrected chi connectivity index (χ0v) is 9.28. The first-order valence-electron chi connectivity index (χ1n) is 4.67. The Morgan fingerprint density at radius 1 is 1.53 bits per heavy atom. The van der Waals surface area contributed by atoms with Crippen molar-refractivity contribution in [1.82, 2.24) is 0 Å². The predicted octanol–water partition coefficient (Wildman–Crippen LogP) is 4.36. The number of hydrogen-bond donors (Lipinski definition) is 0. The Balaban J connectivity index is 2.63. The van der Waals surface area contributed by atoms with Crippen LogP contribution >= 0.6 is 11.6 Å². The summed E-state index contributed by atoms with van der Waals surface area (Å²) in [5.41, 5.74) is 10.2. The molecule has 15 heavy (non-hydrogen) atoms. The Labute approximate surface area is 94.0 Å². The second-order valence-corrected chi connectivity index (χ2v) is 3.58. The summed E-state index contributed by atoms with van der Waals surface area (Å²) in [4.78, 5) is 2.68. The molecule has 1 rings (SSSR count). The molecule has 0 fully saturated rings. The zero-order chi connectivity index (χ0) is 11.1. The highest BCUT2D eigenvalue weighted by Gasteiger charge is 1.95. The first-order valence-corrected chi connectivity index (χ1v) is 5.05. The number of halogens is 1. The molecule has 0 saturated carbocycles. The van der Waals surface area contributed by atoms with Gasteiger partial charge in [0.2, 0.25) is 0 Å². The summed E-state index contributed by atoms with van der Waals surface area (Å²) in [7, 11) is 0. The van der Waals surface area contributed by atoms with Crippen molar-refractivity contribution in [2.45, 2.75) is 13.3 Å². The van der Waals surface area contributed by atoms with Crippen LogP contribution in [0.25, 0.3) is 16.5 Å². The molecule has 0 unspecified atom stereocenters. The molecular formula is C11H12ClN3. The van der Waals surface area contributed by atoms with Gasteiger partial charge >= 0.3 is 0 Å². The van der Waals surface area contributed by atoms with Crippen molar-refractivity contribution in [1.29, 1.82) is 0 Å². The molecule has 0 saturated heterocycles. The van der Waals surface area contributed by atoms with E-state index in [-0.39, 0.29) is 0 Å². The lowest BCUT2D eigenvalue weighted by molar-refractivity contribution is 0.995. The van der Waals surface area contributed by atoms with Crippen molar-refractivity contribution in [3.63, 3.8) is 0 Å². The maximum absolute atomic E-state index is 8.08. The molecule has 0 heterocycles. The van der Waals surface area contributed by atoms with Crippen molar-refractivity contribution in [2.75, 3.05) is 6.54 Å². The van der Waals surface area contributed by atoms with E-state index in [4.69, 9.17) is 17.1 Å². The van der Waals surface area contributed by atoms with Crippen LogP contribution in [0.2, 0.25) is 5.02 Å². The van der Waals surface area contributed by atoms with Crippen LogP contribution in [0, 0.1) is 6.92 Å². The van der Waals surface area contributed by atoms with Crippen molar-refractivity contribution >= 4 is 17.7 Å². The fourth-order valence-electron chi connectivity index (χ4n) is 1.18. The fourth-order valence-corrected chi connectivity index (χ4v) is 1.36. The van der Waals surface area contributed by atoms with Gasteiger partial charge in [-0.25, -0.2) is 0 Å². The van der Waals surface area contributed by atoms with Crippen molar-refractivity contribution in [3.8, 4) is 0 Å². The third-order valence-electron chi connectivity index (χ3n) is 1.91. The van der Waals surface area contributed by atoms with Gasteiger partial charge in [-0.2, -0.15) is 0 Å². The van der Waals surface area contributed by atoms with Gasteiger partial charge in [0.25, 0.3) is 0 Å². The smallest absolute Gasteiger partial charge is 0.0478 e. The first kappa shape index (κ1) is 11.6. The largest absolute Gasteiger partial charge is 0.0937 e. The number of nitrogens with zero attached hydrogens (tertiary/aromatic N) is 3. The third-order valence-corrected chi connectivity index (χ3v) is 2.25. The monoisotopic (exact) mass is 221 g/mol. The molecule has 3 nitrogen and oxygen atoms in total. The Kier molecular flexibility index (Phi) is 4.75. The second-order valence-electron chi connectivity index (χ2n) is 3.17. The van der Waals surface area contributed by atoms with Gasteiger partial charge in [0, 0.05) is 16.5 Å². The molecule has 0 spiro atoms. The van der Waals surface area contributed by atoms with E-state index in [0.29, 0.717) is 6.54 Å². The molecule has 4 heteroatoms. The zero-order valence-electron chi connectivity index (χ0n) is 8.52. The molecule has 0 aliphatic heterocycles. The van der Waals surface area contributed by atoms with Crippen LogP contribution < -0.4 is 0 Å². The van der Waals surface area contributed by atoms with Crippen molar-refractivity contribution in [2.24, 2.45) is 5.11 Å². The quantitative estimate of drug-likeness (QED) is 0.314. The van der Waals surface area contributed by atoms with Crippen LogP contribution in [0.5, 0.6) is 0 Å². The Bertz CT molecular complexity index is 406. The van der Waals surface area contributed by atoms with Crippen molar-refractivity contribution < 1.29 is 0 Å². The first-order chi connectivity index (χ1) is 7.24. The summed E-state index contributed by atoms with van der Waals surface area (Å²) in [5, 5.41) is 4.18. The van der Waals surface area contributed by atoms with E-state index in [9.17, 15) is 0 Å². The minimum absolute atomic E-state index is 0.483. The van der Waals surface area contributed by atoms with E-state index in [1.54, 1.807) is 0 Å². The fraction of sp³-hybridized carbons (Fsp3) is 0.273. The summed E-state index contributed by atoms with van der Waals surface area (Å²) in [5.74, 6) is 0. The number of aryl methyl sites for hydroxylation is 1. The molecule has 0 N–H and O–H groups in total. The highest BCUT2D eigenvalue weighted by molar-refractivity contribution is 6.32. The average Bonchev–Trinajstić information content (AvgIpc) is 2.23. The van der Waals surface area contributed by atoms with Crippen molar-refractivity contribution in [3.05, 3.63) is 50.9 Å². The molecule has 0 bridgehead atoms. The van der Waals surface area contributed by atoms with Crippen LogP contribution in [0.1, 0.15) is 17.5 Å². The molecule has 0 radical (unpaired) electrons. The van der Waals surface area contributed by atoms with E-state index in [2.05, 4.69) is 10.0 Å². The molecule has 0 aliphatic carbocycles. The number of benzene rings is 1. The van der Waals surface area contributed by atoms with Gasteiger partial charge in [0.05, 0.1) is 0 Å². The molecule has 0 amide bonds. The van der Waals surface area contributed by atoms with Crippen LogP contribution in [0.4, 0.5) is 0 Å². The van der Waals surface area contributed by atoms with Gasteiger partial charge in [-0.3, -0.25) is 0 Å². The van der Waals surface area contributed by atoms with Crippen LogP contribution in [-0.4, -0.2) is 6.54 Å². The Morgan fingerprint density at radius 3 is 3.07 bits per heavy atom. The maximum Gasteiger partial charge on any atom is 0.0478 e. The highest BCUT2D eigenvalue weighted by atomic mass is 35.5. The second kappa shape index (κ2) is 6.12. The molecule has 0 aromatic heterocycles. The van der Waals surface area contributed by atoms with E-state index < -0.39 is 0 Å². The molecular weight excluding hydrogens is 210 g/mol. The molecule has 0 atom stereocenters. The third kappa shape index (κ3) is 4.07. The summed E-state index contributed by atoms with van der Waals surface area (Å²) in [6.45, 7) is 2.50. The molecule has 1 aromatic rings. The SMILES string of the molecule is Cc1ccc(Cl)c(C=CCCN=[N+]=[N-])c1. The van der Waals surface area contributed by atoms with Gasteiger partial charge in [0.1, 0.15) is 0 Å². The number of azide groups is 1. The van der Waals surface area contributed by atoms with Gasteiger partial charge in [-0.05, 0) is 30.5 Å². The highest BCUT2D eigenvalue weighted by Crippen LogP contribution is 2.18. The molecule has 1 aromatic carbocycles. The molecule has 0 aliphatic rings. The van der Waals surface area contributed by atoms with Crippen LogP contribution in [-0.2, 0) is 0 Å². The predicted molar refractivity (Wildman–Crippen MR) is 63.9 cm³/mol. The van der Waals surface area contributed by atoms with E-state index in [0.717, 1.165) is 17.0 Å². The Morgan fingerprint density at radius 2 is 2.33 bits per heavy atom.